The summed E-state index contributed by atoms with van der Waals surface area (Å²) in [5, 5.41) is 2.72. The van der Waals surface area contributed by atoms with Crippen molar-refractivity contribution in [2.24, 2.45) is 0 Å². The van der Waals surface area contributed by atoms with E-state index in [4.69, 9.17) is 4.42 Å². The molecule has 3 heterocycles. The highest BCUT2D eigenvalue weighted by Crippen LogP contribution is 2.22. The van der Waals surface area contributed by atoms with E-state index in [2.05, 4.69) is 10.3 Å². The van der Waals surface area contributed by atoms with Crippen molar-refractivity contribution in [1.82, 2.24) is 19.5 Å². The number of carbonyl (C=O) groups is 2. The van der Waals surface area contributed by atoms with Gasteiger partial charge in [-0.15, -0.1) is 0 Å². The summed E-state index contributed by atoms with van der Waals surface area (Å²) in [6.07, 6.45) is 3.74. The van der Waals surface area contributed by atoms with Gasteiger partial charge in [0.1, 0.15) is 6.04 Å². The number of amides is 2. The highest BCUT2D eigenvalue weighted by Gasteiger charge is 2.34. The second kappa shape index (κ2) is 10.0. The number of nitrogens with zero attached hydrogens (tertiary/aromatic N) is 2. The lowest BCUT2D eigenvalue weighted by molar-refractivity contribution is -0.134. The first-order chi connectivity index (χ1) is 14.7. The van der Waals surface area contributed by atoms with Gasteiger partial charge in [-0.3, -0.25) is 14.4 Å². The van der Waals surface area contributed by atoms with Crippen molar-refractivity contribution in [2.75, 3.05) is 38.2 Å². The fraction of sp³-hybridized carbons (Fsp3) is 0.500. The molecule has 0 aliphatic carbocycles. The molecule has 10 nitrogen and oxygen atoms in total. The lowest BCUT2D eigenvalue weighted by Crippen LogP contribution is -2.55. The highest BCUT2D eigenvalue weighted by atomic mass is 32.2. The van der Waals surface area contributed by atoms with Gasteiger partial charge in [-0.05, 0) is 37.5 Å². The van der Waals surface area contributed by atoms with E-state index in [-0.39, 0.29) is 42.1 Å². The molecular weight excluding hydrogens is 464 g/mol. The number of carbonyl (C=O) groups excluding carboxylic acids is 2. The molecule has 0 radical (unpaired) electrons. The van der Waals surface area contributed by atoms with Crippen LogP contribution in [-0.4, -0.2) is 78.7 Å². The second-order valence-corrected chi connectivity index (χ2v) is 11.0. The number of sulfonamides is 1. The highest BCUT2D eigenvalue weighted by molar-refractivity contribution is 7.98. The molecule has 1 unspecified atom stereocenters. The zero-order chi connectivity index (χ0) is 22.6. The van der Waals surface area contributed by atoms with Crippen LogP contribution in [0.4, 0.5) is 0 Å². The number of H-pyrrole nitrogens is 1. The van der Waals surface area contributed by atoms with Gasteiger partial charge in [-0.1, -0.05) is 11.3 Å². The molecule has 1 saturated heterocycles. The zero-order valence-corrected chi connectivity index (χ0v) is 19.6. The summed E-state index contributed by atoms with van der Waals surface area (Å²) in [7, 11) is -3.81. The van der Waals surface area contributed by atoms with Crippen LogP contribution in [0, 0.1) is 6.92 Å². The monoisotopic (exact) mass is 488 g/mol. The van der Waals surface area contributed by atoms with Gasteiger partial charge in [-0.2, -0.15) is 16.1 Å². The molecule has 1 atom stereocenters. The van der Waals surface area contributed by atoms with Gasteiger partial charge in [0.25, 0.3) is 15.9 Å². The van der Waals surface area contributed by atoms with Crippen LogP contribution in [0.2, 0.25) is 0 Å². The number of aryl methyl sites for hydroxylation is 1. The van der Waals surface area contributed by atoms with Gasteiger partial charge >= 0.3 is 4.87 Å². The van der Waals surface area contributed by atoms with E-state index < -0.39 is 26.8 Å². The molecule has 1 aliphatic heterocycles. The molecule has 3 rings (SSSR count). The lowest BCUT2D eigenvalue weighted by atomic mass is 10.1. The first kappa shape index (κ1) is 23.6. The van der Waals surface area contributed by atoms with E-state index in [0.717, 1.165) is 0 Å². The number of hydrogen-bond acceptors (Lipinski definition) is 8. The van der Waals surface area contributed by atoms with Crippen LogP contribution in [-0.2, 0) is 14.8 Å². The van der Waals surface area contributed by atoms with Crippen molar-refractivity contribution in [1.29, 1.82) is 0 Å². The number of aromatic nitrogens is 1. The zero-order valence-electron chi connectivity index (χ0n) is 17.1. The summed E-state index contributed by atoms with van der Waals surface area (Å²) in [4.78, 5) is 40.5. The average molecular weight is 489 g/mol. The summed E-state index contributed by atoms with van der Waals surface area (Å²) in [5.74, 6) is 0.0743. The quantitative estimate of drug-likeness (QED) is 0.559. The number of thioether (sulfide) groups is 1. The molecule has 0 aromatic carbocycles. The summed E-state index contributed by atoms with van der Waals surface area (Å²) in [6.45, 7) is 2.16. The van der Waals surface area contributed by atoms with Crippen molar-refractivity contribution in [2.45, 2.75) is 23.6 Å². The molecule has 0 spiro atoms. The summed E-state index contributed by atoms with van der Waals surface area (Å²) >= 11 is 2.22. The minimum atomic E-state index is -3.81. The molecule has 31 heavy (non-hydrogen) atoms. The number of nitrogens with one attached hydrogen (secondary N) is 2. The number of thiazole rings is 1. The maximum absolute atomic E-state index is 13.1. The van der Waals surface area contributed by atoms with Crippen molar-refractivity contribution >= 4 is 44.9 Å². The average Bonchev–Trinajstić information content (AvgIpc) is 3.40. The van der Waals surface area contributed by atoms with E-state index >= 15 is 0 Å². The Morgan fingerprint density at radius 1 is 1.32 bits per heavy atom. The van der Waals surface area contributed by atoms with Crippen molar-refractivity contribution in [3.8, 4) is 0 Å². The van der Waals surface area contributed by atoms with Crippen LogP contribution in [0.3, 0.4) is 0 Å². The van der Waals surface area contributed by atoms with E-state index in [1.54, 1.807) is 29.7 Å². The van der Waals surface area contributed by atoms with Gasteiger partial charge in [0.2, 0.25) is 5.91 Å². The summed E-state index contributed by atoms with van der Waals surface area (Å²) in [6, 6.07) is 2.38. The van der Waals surface area contributed by atoms with E-state index in [1.165, 1.54) is 16.6 Å². The van der Waals surface area contributed by atoms with Gasteiger partial charge < -0.3 is 19.6 Å². The lowest BCUT2D eigenvalue weighted by Gasteiger charge is -2.35. The van der Waals surface area contributed by atoms with Crippen LogP contribution in [0.25, 0.3) is 0 Å². The summed E-state index contributed by atoms with van der Waals surface area (Å²) in [5.41, 5.74) is 0.311. The second-order valence-electron chi connectivity index (χ2n) is 6.94. The standard InChI is InChI=1S/C18H24N4O6S3/c1-12-17(30-18(25)19-12)31(26,27)22-8-6-21(7-9-22)16(24)13(5-11-29-2)20-15(23)14-4-3-10-28-14/h3-4,10,13H,5-9,11H2,1-2H3,(H,19,25)(H,20,23). The topological polar surface area (TPSA) is 133 Å². The fourth-order valence-corrected chi connectivity index (χ4v) is 6.58. The summed E-state index contributed by atoms with van der Waals surface area (Å²) < 4.78 is 32.1. The third kappa shape index (κ3) is 5.40. The Balaban J connectivity index is 1.66. The van der Waals surface area contributed by atoms with E-state index in [0.29, 0.717) is 29.2 Å². The Morgan fingerprint density at radius 3 is 2.58 bits per heavy atom. The van der Waals surface area contributed by atoms with Crippen molar-refractivity contribution < 1.29 is 22.4 Å². The number of hydrogen-bond donors (Lipinski definition) is 2. The maximum Gasteiger partial charge on any atom is 0.305 e. The number of rotatable bonds is 8. The molecule has 0 saturated carbocycles. The van der Waals surface area contributed by atoms with Crippen LogP contribution in [0.1, 0.15) is 22.7 Å². The Hall–Kier alpha value is -2.09. The minimum Gasteiger partial charge on any atom is -0.459 e. The van der Waals surface area contributed by atoms with Crippen molar-refractivity contribution in [3.63, 3.8) is 0 Å². The van der Waals surface area contributed by atoms with Crippen molar-refractivity contribution in [3.05, 3.63) is 39.5 Å². The van der Waals surface area contributed by atoms with E-state index in [9.17, 15) is 22.8 Å². The smallest absolute Gasteiger partial charge is 0.305 e. The first-order valence-electron chi connectivity index (χ1n) is 9.56. The number of furan rings is 1. The molecule has 1 fully saturated rings. The van der Waals surface area contributed by atoms with Crippen LogP contribution in [0.5, 0.6) is 0 Å². The molecule has 2 amide bonds. The Kier molecular flexibility index (Phi) is 7.62. The molecule has 1 aliphatic rings. The number of aromatic amines is 1. The minimum absolute atomic E-state index is 0.000773. The molecule has 13 heteroatoms. The van der Waals surface area contributed by atoms with Gasteiger partial charge in [0.05, 0.1) is 6.26 Å². The normalized spacial score (nSPS) is 16.3. The van der Waals surface area contributed by atoms with Gasteiger partial charge in [0, 0.05) is 31.9 Å². The van der Waals surface area contributed by atoms with Gasteiger partial charge in [-0.25, -0.2) is 8.42 Å². The molecular formula is C18H24N4O6S3. The largest absolute Gasteiger partial charge is 0.459 e. The maximum atomic E-state index is 13.1. The Labute approximate surface area is 188 Å². The van der Waals surface area contributed by atoms with Crippen LogP contribution in [0.15, 0.2) is 31.8 Å². The third-order valence-corrected chi connectivity index (χ3v) is 8.99. The first-order valence-corrected chi connectivity index (χ1v) is 13.2. The predicted octanol–water partition coefficient (Wildman–Crippen LogP) is 0.722. The molecule has 2 aromatic rings. The van der Waals surface area contributed by atoms with Crippen LogP contribution < -0.4 is 10.2 Å². The molecule has 0 bridgehead atoms. The fourth-order valence-electron chi connectivity index (χ4n) is 3.25. The predicted molar refractivity (Wildman–Crippen MR) is 118 cm³/mol. The number of piperazine rings is 1. The van der Waals surface area contributed by atoms with E-state index in [1.807, 2.05) is 6.26 Å². The molecule has 2 aromatic heterocycles. The Bertz CT molecular complexity index is 1070. The third-order valence-electron chi connectivity index (χ3n) is 4.86. The SMILES string of the molecule is CSCCC(NC(=O)c1ccco1)C(=O)N1CCN(S(=O)(=O)c2sc(=O)[nH]c2C)CC1. The molecule has 170 valence electrons. The van der Waals surface area contributed by atoms with Gasteiger partial charge in [0.15, 0.2) is 9.97 Å². The van der Waals surface area contributed by atoms with Crippen LogP contribution >= 0.6 is 23.1 Å². The Morgan fingerprint density at radius 2 is 2.03 bits per heavy atom. The molecule has 2 N–H and O–H groups in total.